The molecule has 1 fully saturated rings. The first-order valence-electron chi connectivity index (χ1n) is 4.55. The molecular formula is C10H13FN2. The van der Waals surface area contributed by atoms with Crippen molar-refractivity contribution in [1.29, 1.82) is 0 Å². The molecule has 0 unspecified atom stereocenters. The number of hydrogen-bond donors (Lipinski definition) is 1. The molecule has 0 spiro atoms. The maximum absolute atomic E-state index is 13.4. The van der Waals surface area contributed by atoms with Crippen molar-refractivity contribution in [1.82, 2.24) is 0 Å². The van der Waals surface area contributed by atoms with Crippen molar-refractivity contribution >= 4 is 5.69 Å². The Kier molecular flexibility index (Phi) is 2.19. The van der Waals surface area contributed by atoms with Crippen LogP contribution < -0.4 is 10.6 Å². The number of anilines is 1. The van der Waals surface area contributed by atoms with Crippen molar-refractivity contribution < 1.29 is 4.39 Å². The van der Waals surface area contributed by atoms with Crippen LogP contribution in [-0.4, -0.2) is 13.1 Å². The molecule has 0 saturated carbocycles. The largest absolute Gasteiger partial charge is 0.369 e. The standard InChI is InChI=1S/C10H13FN2/c11-9-4-1-3-8(7-12)10(9)13-5-2-6-13/h1,3-4H,2,5-7,12H2. The van der Waals surface area contributed by atoms with Gasteiger partial charge in [-0.2, -0.15) is 0 Å². The van der Waals surface area contributed by atoms with Gasteiger partial charge in [0.05, 0.1) is 5.69 Å². The van der Waals surface area contributed by atoms with Crippen molar-refractivity contribution in [2.45, 2.75) is 13.0 Å². The van der Waals surface area contributed by atoms with E-state index in [0.717, 1.165) is 25.1 Å². The van der Waals surface area contributed by atoms with Crippen LogP contribution in [0.25, 0.3) is 0 Å². The summed E-state index contributed by atoms with van der Waals surface area (Å²) in [5.41, 5.74) is 7.15. The molecule has 13 heavy (non-hydrogen) atoms. The summed E-state index contributed by atoms with van der Waals surface area (Å²) in [6, 6.07) is 5.09. The van der Waals surface area contributed by atoms with E-state index in [-0.39, 0.29) is 5.82 Å². The van der Waals surface area contributed by atoms with Crippen LogP contribution in [0.15, 0.2) is 18.2 Å². The maximum Gasteiger partial charge on any atom is 0.146 e. The van der Waals surface area contributed by atoms with Gasteiger partial charge in [-0.1, -0.05) is 12.1 Å². The van der Waals surface area contributed by atoms with Crippen LogP contribution in [-0.2, 0) is 6.54 Å². The Bertz CT molecular complexity index is 308. The predicted molar refractivity (Wildman–Crippen MR) is 51.1 cm³/mol. The average Bonchev–Trinajstić information content (AvgIpc) is 2.05. The molecular weight excluding hydrogens is 167 g/mol. The molecule has 2 N–H and O–H groups in total. The lowest BCUT2D eigenvalue weighted by Crippen LogP contribution is -2.38. The van der Waals surface area contributed by atoms with Gasteiger partial charge in [0.25, 0.3) is 0 Å². The molecule has 0 aliphatic carbocycles. The van der Waals surface area contributed by atoms with E-state index in [0.29, 0.717) is 12.2 Å². The smallest absolute Gasteiger partial charge is 0.146 e. The lowest BCUT2D eigenvalue weighted by Gasteiger charge is -2.34. The quantitative estimate of drug-likeness (QED) is 0.747. The van der Waals surface area contributed by atoms with E-state index in [1.165, 1.54) is 6.07 Å². The van der Waals surface area contributed by atoms with Gasteiger partial charge in [-0.15, -0.1) is 0 Å². The second kappa shape index (κ2) is 3.34. The van der Waals surface area contributed by atoms with Crippen LogP contribution in [0.3, 0.4) is 0 Å². The molecule has 1 aromatic rings. The van der Waals surface area contributed by atoms with Crippen LogP contribution in [0.4, 0.5) is 10.1 Å². The van der Waals surface area contributed by atoms with Gasteiger partial charge >= 0.3 is 0 Å². The fourth-order valence-electron chi connectivity index (χ4n) is 1.62. The van der Waals surface area contributed by atoms with E-state index in [2.05, 4.69) is 0 Å². The minimum atomic E-state index is -0.150. The molecule has 2 nitrogen and oxygen atoms in total. The zero-order valence-corrected chi connectivity index (χ0v) is 7.46. The second-order valence-corrected chi connectivity index (χ2v) is 3.29. The molecule has 0 bridgehead atoms. The first-order valence-corrected chi connectivity index (χ1v) is 4.55. The van der Waals surface area contributed by atoms with Gasteiger partial charge in [0.1, 0.15) is 5.82 Å². The summed E-state index contributed by atoms with van der Waals surface area (Å²) in [7, 11) is 0. The zero-order chi connectivity index (χ0) is 9.26. The maximum atomic E-state index is 13.4. The Labute approximate surface area is 77.2 Å². The lowest BCUT2D eigenvalue weighted by atomic mass is 10.1. The van der Waals surface area contributed by atoms with Gasteiger partial charge in [0, 0.05) is 19.6 Å². The van der Waals surface area contributed by atoms with Gasteiger partial charge in [-0.3, -0.25) is 0 Å². The highest BCUT2D eigenvalue weighted by atomic mass is 19.1. The van der Waals surface area contributed by atoms with Crippen LogP contribution in [0, 0.1) is 5.82 Å². The summed E-state index contributed by atoms with van der Waals surface area (Å²) < 4.78 is 13.4. The highest BCUT2D eigenvalue weighted by Gasteiger charge is 2.20. The lowest BCUT2D eigenvalue weighted by molar-refractivity contribution is 0.569. The molecule has 1 heterocycles. The summed E-state index contributed by atoms with van der Waals surface area (Å²) in [4.78, 5) is 2.04. The molecule has 0 atom stereocenters. The molecule has 2 rings (SSSR count). The SMILES string of the molecule is NCc1cccc(F)c1N1CCC1. The highest BCUT2D eigenvalue weighted by Crippen LogP contribution is 2.27. The molecule has 1 saturated heterocycles. The summed E-state index contributed by atoms with van der Waals surface area (Å²) in [5, 5.41) is 0. The molecule has 0 aromatic heterocycles. The fraction of sp³-hybridized carbons (Fsp3) is 0.400. The third-order valence-electron chi connectivity index (χ3n) is 2.46. The monoisotopic (exact) mass is 180 g/mol. The molecule has 1 aromatic carbocycles. The molecule has 0 amide bonds. The Morgan fingerprint density at radius 1 is 1.38 bits per heavy atom. The Morgan fingerprint density at radius 3 is 2.69 bits per heavy atom. The Morgan fingerprint density at radius 2 is 2.15 bits per heavy atom. The van der Waals surface area contributed by atoms with Gasteiger partial charge in [-0.25, -0.2) is 4.39 Å². The van der Waals surface area contributed by atoms with Gasteiger partial charge < -0.3 is 10.6 Å². The van der Waals surface area contributed by atoms with Crippen molar-refractivity contribution in [3.8, 4) is 0 Å². The predicted octanol–water partition coefficient (Wildman–Crippen LogP) is 1.49. The molecule has 70 valence electrons. The molecule has 0 radical (unpaired) electrons. The molecule has 1 aliphatic rings. The van der Waals surface area contributed by atoms with E-state index < -0.39 is 0 Å². The van der Waals surface area contributed by atoms with E-state index in [4.69, 9.17) is 5.73 Å². The molecule has 1 aliphatic heterocycles. The minimum Gasteiger partial charge on any atom is -0.369 e. The Balaban J connectivity index is 2.39. The van der Waals surface area contributed by atoms with E-state index >= 15 is 0 Å². The second-order valence-electron chi connectivity index (χ2n) is 3.29. The zero-order valence-electron chi connectivity index (χ0n) is 7.46. The number of nitrogens with zero attached hydrogens (tertiary/aromatic N) is 1. The third-order valence-corrected chi connectivity index (χ3v) is 2.46. The van der Waals surface area contributed by atoms with Gasteiger partial charge in [0.15, 0.2) is 0 Å². The topological polar surface area (TPSA) is 29.3 Å². The van der Waals surface area contributed by atoms with Crippen LogP contribution >= 0.6 is 0 Å². The van der Waals surface area contributed by atoms with Crippen LogP contribution in [0.2, 0.25) is 0 Å². The average molecular weight is 180 g/mol. The van der Waals surface area contributed by atoms with Crippen LogP contribution in [0.1, 0.15) is 12.0 Å². The number of para-hydroxylation sites is 1. The van der Waals surface area contributed by atoms with Gasteiger partial charge in [0.2, 0.25) is 0 Å². The number of hydrogen-bond acceptors (Lipinski definition) is 2. The van der Waals surface area contributed by atoms with Crippen LogP contribution in [0.5, 0.6) is 0 Å². The first kappa shape index (κ1) is 8.51. The third kappa shape index (κ3) is 1.40. The van der Waals surface area contributed by atoms with E-state index in [1.54, 1.807) is 6.07 Å². The summed E-state index contributed by atoms with van der Waals surface area (Å²) >= 11 is 0. The Hall–Kier alpha value is -1.09. The van der Waals surface area contributed by atoms with Crippen molar-refractivity contribution in [2.75, 3.05) is 18.0 Å². The summed E-state index contributed by atoms with van der Waals surface area (Å²) in [6.45, 7) is 2.31. The fourth-order valence-corrected chi connectivity index (χ4v) is 1.62. The summed E-state index contributed by atoms with van der Waals surface area (Å²) in [5.74, 6) is -0.150. The normalized spacial score (nSPS) is 15.7. The van der Waals surface area contributed by atoms with E-state index in [9.17, 15) is 4.39 Å². The van der Waals surface area contributed by atoms with Gasteiger partial charge in [-0.05, 0) is 18.1 Å². The minimum absolute atomic E-state index is 0.150. The number of benzene rings is 1. The highest BCUT2D eigenvalue weighted by molar-refractivity contribution is 5.56. The first-order chi connectivity index (χ1) is 6.33. The van der Waals surface area contributed by atoms with Crippen molar-refractivity contribution in [3.05, 3.63) is 29.6 Å². The van der Waals surface area contributed by atoms with Crippen molar-refractivity contribution in [3.63, 3.8) is 0 Å². The summed E-state index contributed by atoms with van der Waals surface area (Å²) in [6.07, 6.45) is 1.15. The number of nitrogens with two attached hydrogens (primary N) is 1. The van der Waals surface area contributed by atoms with E-state index in [1.807, 2.05) is 11.0 Å². The number of rotatable bonds is 2. The number of halogens is 1. The van der Waals surface area contributed by atoms with Crippen molar-refractivity contribution in [2.24, 2.45) is 5.73 Å². The molecule has 3 heteroatoms.